The molecule has 112 valence electrons. The van der Waals surface area contributed by atoms with Gasteiger partial charge < -0.3 is 10.6 Å². The van der Waals surface area contributed by atoms with Crippen molar-refractivity contribution < 1.29 is 13.2 Å². The molecular formula is C14H22N2O3S. The molecule has 0 radical (unpaired) electrons. The zero-order chi connectivity index (χ0) is 15.2. The highest BCUT2D eigenvalue weighted by molar-refractivity contribution is 7.89. The van der Waals surface area contributed by atoms with Gasteiger partial charge in [-0.3, -0.25) is 0 Å². The summed E-state index contributed by atoms with van der Waals surface area (Å²) in [7, 11) is -3.03. The van der Waals surface area contributed by atoms with Gasteiger partial charge in [0.25, 0.3) is 0 Å². The van der Waals surface area contributed by atoms with Crippen molar-refractivity contribution in [1.29, 1.82) is 0 Å². The minimum Gasteiger partial charge on any atom is -0.338 e. The molecule has 0 aromatic heterocycles. The van der Waals surface area contributed by atoms with Gasteiger partial charge >= 0.3 is 6.03 Å². The minimum absolute atomic E-state index is 0.00780. The molecule has 1 aromatic rings. The van der Waals surface area contributed by atoms with E-state index >= 15 is 0 Å². The van der Waals surface area contributed by atoms with Crippen molar-refractivity contribution in [3.63, 3.8) is 0 Å². The van der Waals surface area contributed by atoms with Gasteiger partial charge in [0.15, 0.2) is 9.84 Å². The van der Waals surface area contributed by atoms with Crippen LogP contribution in [0.15, 0.2) is 24.3 Å². The van der Waals surface area contributed by atoms with Gasteiger partial charge in [0.1, 0.15) is 0 Å². The van der Waals surface area contributed by atoms with Crippen LogP contribution in [0.1, 0.15) is 25.8 Å². The Morgan fingerprint density at radius 2 is 1.80 bits per heavy atom. The molecule has 1 aromatic carbocycles. The highest BCUT2D eigenvalue weighted by Crippen LogP contribution is 2.11. The Labute approximate surface area is 120 Å². The second-order valence-electron chi connectivity index (χ2n) is 5.33. The molecule has 6 heteroatoms. The Bertz CT molecular complexity index is 536. The highest BCUT2D eigenvalue weighted by atomic mass is 32.2. The molecule has 1 rings (SSSR count). The topological polar surface area (TPSA) is 75.3 Å². The van der Waals surface area contributed by atoms with Gasteiger partial charge in [-0.1, -0.05) is 26.0 Å². The van der Waals surface area contributed by atoms with E-state index in [2.05, 4.69) is 24.5 Å². The minimum atomic E-state index is -3.03. The molecular weight excluding hydrogens is 276 g/mol. The molecule has 0 unspecified atom stereocenters. The third-order valence-corrected chi connectivity index (χ3v) is 3.51. The van der Waals surface area contributed by atoms with Crippen LogP contribution in [-0.2, 0) is 15.6 Å². The fourth-order valence-electron chi connectivity index (χ4n) is 1.64. The van der Waals surface area contributed by atoms with Gasteiger partial charge in [-0.2, -0.15) is 0 Å². The second kappa shape index (κ2) is 7.28. The van der Waals surface area contributed by atoms with Gasteiger partial charge in [-0.15, -0.1) is 0 Å². The van der Waals surface area contributed by atoms with Crippen LogP contribution < -0.4 is 10.6 Å². The van der Waals surface area contributed by atoms with Crippen molar-refractivity contribution in [3.8, 4) is 0 Å². The Kier molecular flexibility index (Phi) is 6.01. The van der Waals surface area contributed by atoms with E-state index in [1.165, 1.54) is 6.26 Å². The van der Waals surface area contributed by atoms with Crippen molar-refractivity contribution >= 4 is 21.6 Å². The summed E-state index contributed by atoms with van der Waals surface area (Å²) in [6, 6.07) is 6.54. The van der Waals surface area contributed by atoms with E-state index in [-0.39, 0.29) is 11.8 Å². The first kappa shape index (κ1) is 16.5. The SMILES string of the molecule is CC(C)CCNC(=O)Nc1ccc(CS(C)(=O)=O)cc1. The second-order valence-corrected chi connectivity index (χ2v) is 7.47. The molecule has 0 fully saturated rings. The lowest BCUT2D eigenvalue weighted by Crippen LogP contribution is -2.30. The molecule has 0 aliphatic rings. The maximum Gasteiger partial charge on any atom is 0.319 e. The highest BCUT2D eigenvalue weighted by Gasteiger charge is 2.05. The van der Waals surface area contributed by atoms with Crippen LogP contribution in [0.2, 0.25) is 0 Å². The predicted octanol–water partition coefficient (Wildman–Crippen LogP) is 2.40. The van der Waals surface area contributed by atoms with Crippen LogP contribution in [0.5, 0.6) is 0 Å². The van der Waals surface area contributed by atoms with Gasteiger partial charge in [-0.05, 0) is 30.0 Å². The Hall–Kier alpha value is -1.56. The zero-order valence-electron chi connectivity index (χ0n) is 12.1. The number of rotatable bonds is 6. The van der Waals surface area contributed by atoms with E-state index in [1.54, 1.807) is 24.3 Å². The average Bonchev–Trinajstić information content (AvgIpc) is 2.29. The van der Waals surface area contributed by atoms with Crippen LogP contribution in [-0.4, -0.2) is 27.2 Å². The van der Waals surface area contributed by atoms with Crippen molar-refractivity contribution in [2.24, 2.45) is 5.92 Å². The number of hydrogen-bond donors (Lipinski definition) is 2. The molecule has 0 spiro atoms. The quantitative estimate of drug-likeness (QED) is 0.846. The standard InChI is InChI=1S/C14H22N2O3S/c1-11(2)8-9-15-14(17)16-13-6-4-12(5-7-13)10-20(3,18)19/h4-7,11H,8-10H2,1-3H3,(H2,15,16,17). The monoisotopic (exact) mass is 298 g/mol. The van der Waals surface area contributed by atoms with Crippen molar-refractivity contribution in [2.45, 2.75) is 26.0 Å². The number of anilines is 1. The summed E-state index contributed by atoms with van der Waals surface area (Å²) < 4.78 is 22.3. The predicted molar refractivity (Wildman–Crippen MR) is 81.5 cm³/mol. The lowest BCUT2D eigenvalue weighted by atomic mass is 10.1. The van der Waals surface area contributed by atoms with Crippen molar-refractivity contribution in [1.82, 2.24) is 5.32 Å². The fraction of sp³-hybridized carbons (Fsp3) is 0.500. The van der Waals surface area contributed by atoms with Gasteiger partial charge in [0.05, 0.1) is 5.75 Å². The van der Waals surface area contributed by atoms with E-state index in [9.17, 15) is 13.2 Å². The normalized spacial score (nSPS) is 11.4. The third kappa shape index (κ3) is 7.13. The molecule has 0 heterocycles. The number of sulfone groups is 1. The summed E-state index contributed by atoms with van der Waals surface area (Å²) in [5, 5.41) is 5.48. The molecule has 0 saturated carbocycles. The molecule has 0 saturated heterocycles. The number of benzene rings is 1. The fourth-order valence-corrected chi connectivity index (χ4v) is 2.43. The van der Waals surface area contributed by atoms with Crippen LogP contribution in [0.3, 0.4) is 0 Å². The third-order valence-electron chi connectivity index (χ3n) is 2.65. The van der Waals surface area contributed by atoms with Gasteiger partial charge in [0.2, 0.25) is 0 Å². The Morgan fingerprint density at radius 3 is 2.30 bits per heavy atom. The molecule has 5 nitrogen and oxygen atoms in total. The largest absolute Gasteiger partial charge is 0.338 e. The number of hydrogen-bond acceptors (Lipinski definition) is 3. The maximum atomic E-state index is 11.6. The van der Waals surface area contributed by atoms with Gasteiger partial charge in [-0.25, -0.2) is 13.2 Å². The van der Waals surface area contributed by atoms with Crippen LogP contribution in [0.25, 0.3) is 0 Å². The number of carbonyl (C=O) groups is 1. The molecule has 2 amide bonds. The summed E-state index contributed by atoms with van der Waals surface area (Å²) in [5.74, 6) is 0.555. The van der Waals surface area contributed by atoms with Crippen LogP contribution in [0.4, 0.5) is 10.5 Å². The summed E-state index contributed by atoms with van der Waals surface area (Å²) in [5.41, 5.74) is 1.35. The summed E-state index contributed by atoms with van der Waals surface area (Å²) in [6.45, 7) is 4.83. The van der Waals surface area contributed by atoms with E-state index in [1.807, 2.05) is 0 Å². The first-order valence-corrected chi connectivity index (χ1v) is 8.64. The van der Waals surface area contributed by atoms with Gasteiger partial charge in [0, 0.05) is 18.5 Å². The smallest absolute Gasteiger partial charge is 0.319 e. The molecule has 20 heavy (non-hydrogen) atoms. The molecule has 0 bridgehead atoms. The number of urea groups is 1. The Balaban J connectivity index is 2.47. The maximum absolute atomic E-state index is 11.6. The van der Waals surface area contributed by atoms with E-state index in [0.29, 0.717) is 23.7 Å². The summed E-state index contributed by atoms with van der Waals surface area (Å²) >= 11 is 0. The summed E-state index contributed by atoms with van der Waals surface area (Å²) in [4.78, 5) is 11.6. The number of carbonyl (C=O) groups excluding carboxylic acids is 1. The summed E-state index contributed by atoms with van der Waals surface area (Å²) in [6.07, 6.45) is 2.13. The number of amides is 2. The Morgan fingerprint density at radius 1 is 1.20 bits per heavy atom. The number of nitrogens with one attached hydrogen (secondary N) is 2. The van der Waals surface area contributed by atoms with Crippen LogP contribution >= 0.6 is 0 Å². The van der Waals surface area contributed by atoms with Crippen molar-refractivity contribution in [2.75, 3.05) is 18.1 Å². The lowest BCUT2D eigenvalue weighted by Gasteiger charge is -2.09. The first-order valence-electron chi connectivity index (χ1n) is 6.58. The molecule has 0 aliphatic heterocycles. The molecule has 2 N–H and O–H groups in total. The van der Waals surface area contributed by atoms with Crippen LogP contribution in [0, 0.1) is 5.92 Å². The van der Waals surface area contributed by atoms with E-state index < -0.39 is 9.84 Å². The molecule has 0 aliphatic carbocycles. The lowest BCUT2D eigenvalue weighted by molar-refractivity contribution is 0.251. The van der Waals surface area contributed by atoms with Crippen molar-refractivity contribution in [3.05, 3.63) is 29.8 Å². The van der Waals surface area contributed by atoms with E-state index in [4.69, 9.17) is 0 Å². The first-order chi connectivity index (χ1) is 9.26. The van der Waals surface area contributed by atoms with E-state index in [0.717, 1.165) is 6.42 Å². The zero-order valence-corrected chi connectivity index (χ0v) is 13.0. The molecule has 0 atom stereocenters. The average molecular weight is 298 g/mol.